The van der Waals surface area contributed by atoms with Gasteiger partial charge in [-0.15, -0.1) is 0 Å². The number of hydrogen-bond acceptors (Lipinski definition) is 5. The van der Waals surface area contributed by atoms with E-state index in [4.69, 9.17) is 10.1 Å². The van der Waals surface area contributed by atoms with Gasteiger partial charge in [0.2, 0.25) is 5.91 Å². The van der Waals surface area contributed by atoms with Crippen molar-refractivity contribution in [3.8, 4) is 6.07 Å². The smallest absolute Gasteiger partial charge is 0.266 e. The lowest BCUT2D eigenvalue weighted by molar-refractivity contribution is -0.126. The van der Waals surface area contributed by atoms with Crippen LogP contribution in [0.4, 0.5) is 11.4 Å². The number of anilines is 2. The van der Waals surface area contributed by atoms with E-state index in [1.54, 1.807) is 17.2 Å². The van der Waals surface area contributed by atoms with Gasteiger partial charge in [-0.1, -0.05) is 48.0 Å². The van der Waals surface area contributed by atoms with E-state index in [9.17, 15) is 9.59 Å². The van der Waals surface area contributed by atoms with Crippen LogP contribution < -0.4 is 9.96 Å². The molecule has 0 saturated carbocycles. The molecule has 0 spiro atoms. The molecule has 6 nitrogen and oxygen atoms in total. The molecule has 32 heavy (non-hydrogen) atoms. The molecule has 2 aliphatic heterocycles. The number of hydrogen-bond donors (Lipinski definition) is 0. The van der Waals surface area contributed by atoms with Crippen molar-refractivity contribution >= 4 is 23.2 Å². The second-order valence-electron chi connectivity index (χ2n) is 8.19. The van der Waals surface area contributed by atoms with Crippen molar-refractivity contribution in [2.45, 2.75) is 26.0 Å². The van der Waals surface area contributed by atoms with Crippen molar-refractivity contribution in [3.63, 3.8) is 0 Å². The largest absolute Gasteiger partial charge is 0.273 e. The first kappa shape index (κ1) is 20.0. The zero-order chi connectivity index (χ0) is 22.4. The molecule has 3 aromatic carbocycles. The van der Waals surface area contributed by atoms with E-state index in [1.165, 1.54) is 4.90 Å². The Morgan fingerprint density at radius 2 is 1.62 bits per heavy atom. The second-order valence-corrected chi connectivity index (χ2v) is 8.19. The van der Waals surface area contributed by atoms with Crippen LogP contribution in [0.15, 0.2) is 72.8 Å². The van der Waals surface area contributed by atoms with Crippen LogP contribution in [0.1, 0.15) is 28.3 Å². The number of nitrogens with zero attached hydrogens (tertiary/aromatic N) is 3. The minimum atomic E-state index is -0.913. The second kappa shape index (κ2) is 7.63. The Bertz CT molecular complexity index is 1250. The molecule has 6 heteroatoms. The number of aryl methyl sites for hydroxylation is 2. The summed E-state index contributed by atoms with van der Waals surface area (Å²) in [6, 6.07) is 23.8. The monoisotopic (exact) mass is 423 g/mol. The van der Waals surface area contributed by atoms with Crippen LogP contribution >= 0.6 is 0 Å². The van der Waals surface area contributed by atoms with Crippen molar-refractivity contribution in [1.29, 1.82) is 5.26 Å². The number of carbonyl (C=O) groups is 2. The van der Waals surface area contributed by atoms with Crippen LogP contribution in [-0.4, -0.2) is 17.9 Å². The highest BCUT2D eigenvalue weighted by Gasteiger charge is 2.60. The van der Waals surface area contributed by atoms with Gasteiger partial charge in [-0.3, -0.25) is 14.4 Å². The Labute approximate surface area is 186 Å². The minimum Gasteiger partial charge on any atom is -0.273 e. The lowest BCUT2D eigenvalue weighted by Gasteiger charge is -2.29. The maximum atomic E-state index is 13.7. The molecular formula is C26H21N3O3. The van der Waals surface area contributed by atoms with Crippen molar-refractivity contribution in [1.82, 2.24) is 0 Å². The zero-order valence-corrected chi connectivity index (χ0v) is 17.7. The van der Waals surface area contributed by atoms with Crippen LogP contribution in [0, 0.1) is 31.1 Å². The maximum absolute atomic E-state index is 13.7. The normalized spacial score (nSPS) is 22.2. The number of fused-ring (bicyclic) bond motifs is 1. The Morgan fingerprint density at radius 3 is 2.28 bits per heavy atom. The number of imide groups is 1. The number of rotatable bonds is 3. The lowest BCUT2D eigenvalue weighted by atomic mass is 9.90. The predicted octanol–water partition coefficient (Wildman–Crippen LogP) is 4.23. The van der Waals surface area contributed by atoms with E-state index in [0.717, 1.165) is 22.4 Å². The van der Waals surface area contributed by atoms with Gasteiger partial charge < -0.3 is 0 Å². The van der Waals surface area contributed by atoms with Gasteiger partial charge in [0.1, 0.15) is 5.92 Å². The van der Waals surface area contributed by atoms with Crippen LogP contribution in [0.25, 0.3) is 0 Å². The van der Waals surface area contributed by atoms with Gasteiger partial charge in [0.05, 0.1) is 29.0 Å². The van der Waals surface area contributed by atoms with Gasteiger partial charge in [0.15, 0.2) is 6.10 Å². The van der Waals surface area contributed by atoms with Crippen LogP contribution in [0.2, 0.25) is 0 Å². The summed E-state index contributed by atoms with van der Waals surface area (Å²) < 4.78 is 0. The molecule has 158 valence electrons. The molecule has 3 aromatic rings. The van der Waals surface area contributed by atoms with Crippen molar-refractivity contribution in [3.05, 3.63) is 95.1 Å². The average Bonchev–Trinajstić information content (AvgIpc) is 3.31. The van der Waals surface area contributed by atoms with Crippen LogP contribution in [-0.2, 0) is 14.4 Å². The summed E-state index contributed by atoms with van der Waals surface area (Å²) in [5.74, 6) is -1.33. The summed E-state index contributed by atoms with van der Waals surface area (Å²) in [6.45, 7) is 3.87. The third kappa shape index (κ3) is 3.06. The standard InChI is InChI=1S/C26H21N3O3/c1-16-8-13-21(17(2)14-16)28-25(30)22-23(19-11-9-18(15-27)10-12-19)29(32-24(22)26(28)31)20-6-4-3-5-7-20/h3-14,22-24H,1-2H3. The van der Waals surface area contributed by atoms with Gasteiger partial charge in [-0.2, -0.15) is 5.26 Å². The van der Waals surface area contributed by atoms with Gasteiger partial charge in [-0.05, 0) is 55.3 Å². The fourth-order valence-corrected chi connectivity index (χ4v) is 4.60. The van der Waals surface area contributed by atoms with Crippen LogP contribution in [0.5, 0.6) is 0 Å². The molecule has 0 bridgehead atoms. The summed E-state index contributed by atoms with van der Waals surface area (Å²) in [5.41, 5.74) is 4.61. The number of carbonyl (C=O) groups excluding carboxylic acids is 2. The number of nitriles is 1. The Hall–Kier alpha value is -3.95. The highest BCUT2D eigenvalue weighted by molar-refractivity contribution is 6.24. The third-order valence-electron chi connectivity index (χ3n) is 6.10. The van der Waals surface area contributed by atoms with Gasteiger partial charge >= 0.3 is 0 Å². The number of para-hydroxylation sites is 1. The molecule has 2 amide bonds. The first-order chi connectivity index (χ1) is 15.5. The fourth-order valence-electron chi connectivity index (χ4n) is 4.60. The van der Waals surface area contributed by atoms with E-state index < -0.39 is 18.1 Å². The minimum absolute atomic E-state index is 0.278. The summed E-state index contributed by atoms with van der Waals surface area (Å²) in [5, 5.41) is 10.8. The molecule has 0 N–H and O–H groups in total. The fraction of sp³-hybridized carbons (Fsp3) is 0.192. The molecule has 2 saturated heterocycles. The average molecular weight is 423 g/mol. The highest BCUT2D eigenvalue weighted by atomic mass is 16.7. The Morgan fingerprint density at radius 1 is 0.906 bits per heavy atom. The summed E-state index contributed by atoms with van der Waals surface area (Å²) in [6.07, 6.45) is -0.913. The predicted molar refractivity (Wildman–Crippen MR) is 120 cm³/mol. The molecule has 0 aromatic heterocycles. The lowest BCUT2D eigenvalue weighted by Crippen LogP contribution is -2.37. The molecule has 3 unspecified atom stereocenters. The summed E-state index contributed by atoms with van der Waals surface area (Å²) in [4.78, 5) is 34.5. The van der Waals surface area contributed by atoms with E-state index in [1.807, 2.05) is 74.5 Å². The third-order valence-corrected chi connectivity index (χ3v) is 6.10. The number of benzene rings is 3. The summed E-state index contributed by atoms with van der Waals surface area (Å²) in [7, 11) is 0. The topological polar surface area (TPSA) is 73.6 Å². The first-order valence-electron chi connectivity index (χ1n) is 10.5. The molecule has 5 rings (SSSR count). The zero-order valence-electron chi connectivity index (χ0n) is 17.7. The van der Waals surface area contributed by atoms with Crippen molar-refractivity contribution in [2.75, 3.05) is 9.96 Å². The van der Waals surface area contributed by atoms with E-state index in [-0.39, 0.29) is 11.8 Å². The molecule has 2 heterocycles. The van der Waals surface area contributed by atoms with Crippen molar-refractivity contribution in [2.24, 2.45) is 5.92 Å². The molecule has 0 aliphatic carbocycles. The quantitative estimate of drug-likeness (QED) is 0.590. The van der Waals surface area contributed by atoms with Gasteiger partial charge in [-0.25, -0.2) is 9.96 Å². The number of amides is 2. The van der Waals surface area contributed by atoms with E-state index in [2.05, 4.69) is 6.07 Å². The highest BCUT2D eigenvalue weighted by Crippen LogP contribution is 2.47. The SMILES string of the molecule is Cc1ccc(N2C(=O)C3ON(c4ccccc4)C(c4ccc(C#N)cc4)C3C2=O)c(C)c1. The Kier molecular flexibility index (Phi) is 4.76. The molecule has 2 aliphatic rings. The molecule has 2 fully saturated rings. The van der Waals surface area contributed by atoms with E-state index in [0.29, 0.717) is 11.3 Å². The molecule has 0 radical (unpaired) electrons. The molecular weight excluding hydrogens is 402 g/mol. The maximum Gasteiger partial charge on any atom is 0.266 e. The van der Waals surface area contributed by atoms with Crippen LogP contribution in [0.3, 0.4) is 0 Å². The first-order valence-corrected chi connectivity index (χ1v) is 10.5. The molecule has 3 atom stereocenters. The van der Waals surface area contributed by atoms with Gasteiger partial charge in [0, 0.05) is 0 Å². The number of hydroxylamine groups is 1. The summed E-state index contributed by atoms with van der Waals surface area (Å²) >= 11 is 0. The van der Waals surface area contributed by atoms with Gasteiger partial charge in [0.25, 0.3) is 5.91 Å². The van der Waals surface area contributed by atoms with Crippen molar-refractivity contribution < 1.29 is 14.4 Å². The van der Waals surface area contributed by atoms with E-state index >= 15 is 0 Å². The Balaban J connectivity index is 1.59.